The SMILES string of the molecule is N#CCC=Cc1ccc(Cl)cc1N. The van der Waals surface area contributed by atoms with Crippen molar-refractivity contribution in [3.05, 3.63) is 34.9 Å². The summed E-state index contributed by atoms with van der Waals surface area (Å²) in [6.07, 6.45) is 3.97. The number of rotatable bonds is 2. The summed E-state index contributed by atoms with van der Waals surface area (Å²) in [5.74, 6) is 0. The third-order valence-electron chi connectivity index (χ3n) is 1.56. The maximum Gasteiger partial charge on any atom is 0.0663 e. The Labute approximate surface area is 82.2 Å². The number of nitrogens with two attached hydrogens (primary N) is 1. The molecule has 1 aromatic rings. The van der Waals surface area contributed by atoms with Gasteiger partial charge in [0.2, 0.25) is 0 Å². The van der Waals surface area contributed by atoms with Crippen molar-refractivity contribution in [2.75, 3.05) is 5.73 Å². The van der Waals surface area contributed by atoms with Crippen LogP contribution in [-0.4, -0.2) is 0 Å². The molecule has 66 valence electrons. The van der Waals surface area contributed by atoms with Crippen LogP contribution in [-0.2, 0) is 0 Å². The first-order valence-corrected chi connectivity index (χ1v) is 4.20. The maximum absolute atomic E-state index is 8.30. The van der Waals surface area contributed by atoms with Crippen LogP contribution < -0.4 is 5.73 Å². The van der Waals surface area contributed by atoms with Gasteiger partial charge in [0.1, 0.15) is 0 Å². The number of hydrogen-bond donors (Lipinski definition) is 1. The minimum atomic E-state index is 0.391. The summed E-state index contributed by atoms with van der Waals surface area (Å²) in [5.41, 5.74) is 7.20. The molecule has 1 aromatic carbocycles. The molecule has 0 bridgehead atoms. The number of nitrogens with zero attached hydrogens (tertiary/aromatic N) is 1. The molecule has 0 heterocycles. The van der Waals surface area contributed by atoms with Crippen LogP contribution in [0.4, 0.5) is 5.69 Å². The number of nitrogen functional groups attached to an aromatic ring is 1. The Morgan fingerprint density at radius 1 is 1.54 bits per heavy atom. The molecular weight excluding hydrogens is 184 g/mol. The molecule has 0 spiro atoms. The number of benzene rings is 1. The molecule has 0 aliphatic heterocycles. The van der Waals surface area contributed by atoms with Gasteiger partial charge in [-0.2, -0.15) is 5.26 Å². The fourth-order valence-corrected chi connectivity index (χ4v) is 1.12. The molecule has 0 saturated carbocycles. The molecule has 2 nitrogen and oxygen atoms in total. The number of hydrogen-bond acceptors (Lipinski definition) is 2. The van der Waals surface area contributed by atoms with Gasteiger partial charge < -0.3 is 5.73 Å². The van der Waals surface area contributed by atoms with E-state index in [4.69, 9.17) is 22.6 Å². The fourth-order valence-electron chi connectivity index (χ4n) is 0.936. The monoisotopic (exact) mass is 192 g/mol. The zero-order valence-corrected chi connectivity index (χ0v) is 7.75. The lowest BCUT2D eigenvalue weighted by molar-refractivity contribution is 1.36. The fraction of sp³-hybridized carbons (Fsp3) is 0.100. The second-order valence-corrected chi connectivity index (χ2v) is 2.97. The Morgan fingerprint density at radius 2 is 2.31 bits per heavy atom. The van der Waals surface area contributed by atoms with E-state index in [0.29, 0.717) is 17.1 Å². The molecule has 0 fully saturated rings. The molecule has 0 radical (unpaired) electrons. The van der Waals surface area contributed by atoms with Crippen molar-refractivity contribution in [3.8, 4) is 6.07 Å². The van der Waals surface area contributed by atoms with E-state index in [0.717, 1.165) is 5.56 Å². The van der Waals surface area contributed by atoms with Crippen LogP contribution in [0.25, 0.3) is 6.08 Å². The van der Waals surface area contributed by atoms with Crippen LogP contribution >= 0.6 is 11.6 Å². The van der Waals surface area contributed by atoms with Gasteiger partial charge in [0.25, 0.3) is 0 Å². The minimum Gasteiger partial charge on any atom is -0.398 e. The van der Waals surface area contributed by atoms with E-state index in [1.165, 1.54) is 0 Å². The van der Waals surface area contributed by atoms with E-state index in [1.54, 1.807) is 18.2 Å². The van der Waals surface area contributed by atoms with Crippen LogP contribution in [0, 0.1) is 11.3 Å². The van der Waals surface area contributed by atoms with Gasteiger partial charge in [-0.25, -0.2) is 0 Å². The van der Waals surface area contributed by atoms with Gasteiger partial charge >= 0.3 is 0 Å². The largest absolute Gasteiger partial charge is 0.398 e. The highest BCUT2D eigenvalue weighted by molar-refractivity contribution is 6.30. The summed E-state index contributed by atoms with van der Waals surface area (Å²) in [5, 5.41) is 8.92. The third-order valence-corrected chi connectivity index (χ3v) is 1.79. The minimum absolute atomic E-state index is 0.391. The highest BCUT2D eigenvalue weighted by Crippen LogP contribution is 2.19. The first-order chi connectivity index (χ1) is 6.24. The molecular formula is C10H9ClN2. The zero-order chi connectivity index (χ0) is 9.68. The van der Waals surface area contributed by atoms with Crippen LogP contribution in [0.3, 0.4) is 0 Å². The molecule has 0 aromatic heterocycles. The van der Waals surface area contributed by atoms with E-state index in [-0.39, 0.29) is 0 Å². The number of nitriles is 1. The molecule has 0 unspecified atom stereocenters. The van der Waals surface area contributed by atoms with Crippen molar-refractivity contribution in [1.29, 1.82) is 5.26 Å². The molecule has 0 amide bonds. The van der Waals surface area contributed by atoms with Gasteiger partial charge in [0.15, 0.2) is 0 Å². The highest BCUT2D eigenvalue weighted by Gasteiger charge is 1.94. The molecule has 2 N–H and O–H groups in total. The predicted octanol–water partition coefficient (Wildman–Crippen LogP) is 2.85. The van der Waals surface area contributed by atoms with Crippen LogP contribution in [0.1, 0.15) is 12.0 Å². The third kappa shape index (κ3) is 2.81. The molecule has 0 saturated heterocycles. The molecule has 0 atom stereocenters. The quantitative estimate of drug-likeness (QED) is 0.733. The van der Waals surface area contributed by atoms with Gasteiger partial charge in [-0.1, -0.05) is 29.8 Å². The molecule has 13 heavy (non-hydrogen) atoms. The van der Waals surface area contributed by atoms with Gasteiger partial charge in [-0.05, 0) is 17.7 Å². The van der Waals surface area contributed by atoms with Crippen LogP contribution in [0.15, 0.2) is 24.3 Å². The second kappa shape index (κ2) is 4.54. The Bertz CT molecular complexity index is 364. The lowest BCUT2D eigenvalue weighted by atomic mass is 10.1. The van der Waals surface area contributed by atoms with Gasteiger partial charge in [0, 0.05) is 10.7 Å². The van der Waals surface area contributed by atoms with E-state index >= 15 is 0 Å². The average molecular weight is 193 g/mol. The van der Waals surface area contributed by atoms with Gasteiger partial charge in [-0.15, -0.1) is 0 Å². The van der Waals surface area contributed by atoms with E-state index in [1.807, 2.05) is 18.2 Å². The first kappa shape index (κ1) is 9.63. The summed E-state index contributed by atoms with van der Waals surface area (Å²) in [6, 6.07) is 7.30. The van der Waals surface area contributed by atoms with Crippen molar-refractivity contribution in [2.45, 2.75) is 6.42 Å². The van der Waals surface area contributed by atoms with E-state index in [9.17, 15) is 0 Å². The summed E-state index contributed by atoms with van der Waals surface area (Å²) in [7, 11) is 0. The molecule has 0 aliphatic rings. The molecule has 1 rings (SSSR count). The highest BCUT2D eigenvalue weighted by atomic mass is 35.5. The van der Waals surface area contributed by atoms with Crippen molar-refractivity contribution in [2.24, 2.45) is 0 Å². The van der Waals surface area contributed by atoms with Crippen LogP contribution in [0.5, 0.6) is 0 Å². The lowest BCUT2D eigenvalue weighted by Gasteiger charge is -1.99. The van der Waals surface area contributed by atoms with Crippen molar-refractivity contribution < 1.29 is 0 Å². The van der Waals surface area contributed by atoms with Gasteiger partial charge in [-0.3, -0.25) is 0 Å². The number of anilines is 1. The smallest absolute Gasteiger partial charge is 0.0663 e. The topological polar surface area (TPSA) is 49.8 Å². The Morgan fingerprint density at radius 3 is 2.92 bits per heavy atom. The maximum atomic E-state index is 8.30. The zero-order valence-electron chi connectivity index (χ0n) is 7.00. The average Bonchev–Trinajstić information content (AvgIpc) is 2.09. The van der Waals surface area contributed by atoms with Crippen molar-refractivity contribution in [1.82, 2.24) is 0 Å². The number of allylic oxidation sites excluding steroid dienone is 1. The standard InChI is InChI=1S/C10H9ClN2/c11-9-5-4-8(10(13)7-9)3-1-2-6-12/h1,3-5,7H,2,13H2. The number of halogens is 1. The summed E-state index contributed by atoms with van der Waals surface area (Å²) < 4.78 is 0. The van der Waals surface area contributed by atoms with E-state index in [2.05, 4.69) is 0 Å². The molecule has 3 heteroatoms. The Hall–Kier alpha value is -1.46. The molecule has 0 aliphatic carbocycles. The summed E-state index contributed by atoms with van der Waals surface area (Å²) >= 11 is 5.72. The van der Waals surface area contributed by atoms with Crippen molar-refractivity contribution in [3.63, 3.8) is 0 Å². The van der Waals surface area contributed by atoms with Gasteiger partial charge in [0.05, 0.1) is 12.5 Å². The summed E-state index contributed by atoms with van der Waals surface area (Å²) in [6.45, 7) is 0. The summed E-state index contributed by atoms with van der Waals surface area (Å²) in [4.78, 5) is 0. The first-order valence-electron chi connectivity index (χ1n) is 3.82. The lowest BCUT2D eigenvalue weighted by Crippen LogP contribution is -1.88. The van der Waals surface area contributed by atoms with Crippen LogP contribution in [0.2, 0.25) is 5.02 Å². The van der Waals surface area contributed by atoms with Crippen molar-refractivity contribution >= 4 is 23.4 Å². The normalized spacial score (nSPS) is 10.2. The Balaban J connectivity index is 2.85. The second-order valence-electron chi connectivity index (χ2n) is 2.54. The predicted molar refractivity (Wildman–Crippen MR) is 55.1 cm³/mol. The van der Waals surface area contributed by atoms with E-state index < -0.39 is 0 Å². The Kier molecular flexibility index (Phi) is 3.36.